The van der Waals surface area contributed by atoms with Gasteiger partial charge in [0.05, 0.1) is 24.2 Å². The maximum Gasteiger partial charge on any atom is 0.255 e. The molecule has 0 aliphatic carbocycles. The summed E-state index contributed by atoms with van der Waals surface area (Å²) in [5.74, 6) is 0.872. The van der Waals surface area contributed by atoms with Crippen LogP contribution in [0, 0.1) is 5.92 Å². The van der Waals surface area contributed by atoms with E-state index in [9.17, 15) is 9.59 Å². The largest absolute Gasteiger partial charge is 0.492 e. The molecule has 1 aliphatic heterocycles. The van der Waals surface area contributed by atoms with Gasteiger partial charge in [-0.1, -0.05) is 0 Å². The molecule has 3 heterocycles. The molecule has 32 heavy (non-hydrogen) atoms. The number of carbonyl (C=O) groups excluding carboxylic acids is 2. The van der Waals surface area contributed by atoms with Gasteiger partial charge in [-0.15, -0.1) is 0 Å². The molecule has 3 aromatic rings. The number of piperidine rings is 1. The summed E-state index contributed by atoms with van der Waals surface area (Å²) < 4.78 is 11.2. The number of ether oxygens (including phenoxy) is 2. The Morgan fingerprint density at radius 2 is 1.91 bits per heavy atom. The number of aromatic nitrogens is 3. The highest BCUT2D eigenvalue weighted by atomic mass is 16.5. The zero-order valence-corrected chi connectivity index (χ0v) is 17.6. The molecule has 0 bridgehead atoms. The summed E-state index contributed by atoms with van der Waals surface area (Å²) in [6.45, 7) is 1.69. The van der Waals surface area contributed by atoms with Crippen LogP contribution in [0.4, 0.5) is 0 Å². The fourth-order valence-corrected chi connectivity index (χ4v) is 3.65. The first-order valence-electron chi connectivity index (χ1n) is 10.5. The molecule has 0 unspecified atom stereocenters. The van der Waals surface area contributed by atoms with Crippen LogP contribution >= 0.6 is 0 Å². The van der Waals surface area contributed by atoms with E-state index < -0.39 is 5.91 Å². The SMILES string of the molecule is NC(=O)COc1ccc(C(=O)N2CCC[C@@H](COc3ccc(-c4ccn[nH]4)nc3)C2)cc1. The maximum atomic E-state index is 12.9. The molecule has 3 N–H and O–H groups in total. The summed E-state index contributed by atoms with van der Waals surface area (Å²) in [6.07, 6.45) is 5.31. The van der Waals surface area contributed by atoms with Gasteiger partial charge in [0.25, 0.3) is 11.8 Å². The number of nitrogens with zero attached hydrogens (tertiary/aromatic N) is 3. The van der Waals surface area contributed by atoms with Crippen molar-refractivity contribution in [1.82, 2.24) is 20.1 Å². The van der Waals surface area contributed by atoms with Crippen molar-refractivity contribution in [2.75, 3.05) is 26.3 Å². The summed E-state index contributed by atoms with van der Waals surface area (Å²) in [5.41, 5.74) is 7.31. The van der Waals surface area contributed by atoms with Gasteiger partial charge in [-0.3, -0.25) is 19.7 Å². The van der Waals surface area contributed by atoms with Crippen LogP contribution < -0.4 is 15.2 Å². The van der Waals surface area contributed by atoms with Crippen molar-refractivity contribution < 1.29 is 19.1 Å². The number of aromatic amines is 1. The highest BCUT2D eigenvalue weighted by molar-refractivity contribution is 5.94. The van der Waals surface area contributed by atoms with E-state index in [1.54, 1.807) is 36.7 Å². The van der Waals surface area contributed by atoms with E-state index in [4.69, 9.17) is 15.2 Å². The van der Waals surface area contributed by atoms with Crippen LogP contribution in [0.5, 0.6) is 11.5 Å². The van der Waals surface area contributed by atoms with E-state index in [0.29, 0.717) is 30.2 Å². The summed E-state index contributed by atoms with van der Waals surface area (Å²) in [4.78, 5) is 30.0. The Morgan fingerprint density at radius 1 is 1.09 bits per heavy atom. The monoisotopic (exact) mass is 435 g/mol. The molecule has 0 radical (unpaired) electrons. The zero-order valence-electron chi connectivity index (χ0n) is 17.6. The van der Waals surface area contributed by atoms with Crippen molar-refractivity contribution in [3.63, 3.8) is 0 Å². The minimum atomic E-state index is -0.545. The molecule has 2 amide bonds. The van der Waals surface area contributed by atoms with Gasteiger partial charge in [-0.05, 0) is 55.3 Å². The Labute approximate surface area is 185 Å². The molecule has 4 rings (SSSR count). The van der Waals surface area contributed by atoms with Crippen molar-refractivity contribution in [3.8, 4) is 22.9 Å². The molecule has 0 spiro atoms. The Balaban J connectivity index is 1.29. The lowest BCUT2D eigenvalue weighted by Gasteiger charge is -2.32. The average molecular weight is 435 g/mol. The first kappa shape index (κ1) is 21.4. The number of carbonyl (C=O) groups is 2. The van der Waals surface area contributed by atoms with Crippen molar-refractivity contribution in [2.45, 2.75) is 12.8 Å². The van der Waals surface area contributed by atoms with Gasteiger partial charge in [-0.2, -0.15) is 5.10 Å². The first-order valence-corrected chi connectivity index (χ1v) is 10.5. The number of likely N-dealkylation sites (tertiary alicyclic amines) is 1. The van der Waals surface area contributed by atoms with E-state index in [2.05, 4.69) is 15.2 Å². The molecule has 1 aromatic carbocycles. The van der Waals surface area contributed by atoms with Crippen LogP contribution in [0.15, 0.2) is 54.9 Å². The second-order valence-corrected chi connectivity index (χ2v) is 7.70. The van der Waals surface area contributed by atoms with E-state index in [1.165, 1.54) is 0 Å². The predicted molar refractivity (Wildman–Crippen MR) is 117 cm³/mol. The topological polar surface area (TPSA) is 123 Å². The van der Waals surface area contributed by atoms with Crippen LogP contribution in [-0.2, 0) is 4.79 Å². The third-order valence-electron chi connectivity index (χ3n) is 5.29. The van der Waals surface area contributed by atoms with E-state index in [-0.39, 0.29) is 18.4 Å². The Bertz CT molecular complexity index is 1040. The molecule has 2 aromatic heterocycles. The molecule has 9 nitrogen and oxygen atoms in total. The number of nitrogens with one attached hydrogen (secondary N) is 1. The van der Waals surface area contributed by atoms with Crippen molar-refractivity contribution in [1.29, 1.82) is 0 Å². The smallest absolute Gasteiger partial charge is 0.255 e. The molecule has 1 aliphatic rings. The Kier molecular flexibility index (Phi) is 6.64. The summed E-state index contributed by atoms with van der Waals surface area (Å²) >= 11 is 0. The standard InChI is InChI=1S/C23H25N5O4/c24-22(29)15-32-18-5-3-17(4-6-18)23(30)28-11-1-2-16(13-28)14-31-19-7-8-20(25-12-19)21-9-10-26-27-21/h3-10,12,16H,1-2,11,13-15H2,(H2,24,29)(H,26,27)/t16-/m1/s1. The number of primary amides is 1. The molecular weight excluding hydrogens is 410 g/mol. The number of H-pyrrole nitrogens is 1. The Hall–Kier alpha value is -3.88. The van der Waals surface area contributed by atoms with Gasteiger partial charge >= 0.3 is 0 Å². The van der Waals surface area contributed by atoms with E-state index in [0.717, 1.165) is 30.8 Å². The lowest BCUT2D eigenvalue weighted by Crippen LogP contribution is -2.41. The molecule has 0 saturated carbocycles. The lowest BCUT2D eigenvalue weighted by atomic mass is 9.98. The quantitative estimate of drug-likeness (QED) is 0.559. The number of pyridine rings is 1. The molecule has 166 valence electrons. The molecule has 1 atom stereocenters. The minimum absolute atomic E-state index is 0.0262. The number of nitrogens with two attached hydrogens (primary N) is 1. The van der Waals surface area contributed by atoms with Gasteiger partial charge in [0.1, 0.15) is 11.5 Å². The van der Waals surface area contributed by atoms with Crippen molar-refractivity contribution >= 4 is 11.8 Å². The third kappa shape index (κ3) is 5.42. The summed E-state index contributed by atoms with van der Waals surface area (Å²) in [7, 11) is 0. The second-order valence-electron chi connectivity index (χ2n) is 7.70. The highest BCUT2D eigenvalue weighted by Crippen LogP contribution is 2.22. The fourth-order valence-electron chi connectivity index (χ4n) is 3.65. The van der Waals surface area contributed by atoms with Crippen LogP contribution in [0.2, 0.25) is 0 Å². The van der Waals surface area contributed by atoms with Gasteiger partial charge in [0, 0.05) is 30.8 Å². The maximum absolute atomic E-state index is 12.9. The van der Waals surface area contributed by atoms with Crippen molar-refractivity contribution in [3.05, 3.63) is 60.4 Å². The van der Waals surface area contributed by atoms with E-state index in [1.807, 2.05) is 23.1 Å². The summed E-state index contributed by atoms with van der Waals surface area (Å²) in [5, 5.41) is 6.81. The predicted octanol–water partition coefficient (Wildman–Crippen LogP) is 2.27. The molecule has 1 saturated heterocycles. The van der Waals surface area contributed by atoms with E-state index >= 15 is 0 Å². The number of hydrogen-bond acceptors (Lipinski definition) is 6. The number of benzene rings is 1. The number of amides is 2. The fraction of sp³-hybridized carbons (Fsp3) is 0.304. The third-order valence-corrected chi connectivity index (χ3v) is 5.29. The average Bonchev–Trinajstić information content (AvgIpc) is 3.37. The first-order chi connectivity index (χ1) is 15.6. The number of rotatable bonds is 8. The van der Waals surface area contributed by atoms with Gasteiger partial charge < -0.3 is 20.1 Å². The van der Waals surface area contributed by atoms with Gasteiger partial charge in [0.15, 0.2) is 6.61 Å². The van der Waals surface area contributed by atoms with Gasteiger partial charge in [-0.25, -0.2) is 0 Å². The number of hydrogen-bond donors (Lipinski definition) is 2. The Morgan fingerprint density at radius 3 is 2.59 bits per heavy atom. The lowest BCUT2D eigenvalue weighted by molar-refractivity contribution is -0.119. The van der Waals surface area contributed by atoms with Crippen LogP contribution in [-0.4, -0.2) is 58.2 Å². The normalized spacial score (nSPS) is 15.9. The molecule has 1 fully saturated rings. The minimum Gasteiger partial charge on any atom is -0.492 e. The highest BCUT2D eigenvalue weighted by Gasteiger charge is 2.25. The van der Waals surface area contributed by atoms with Crippen LogP contribution in [0.1, 0.15) is 23.2 Å². The van der Waals surface area contributed by atoms with Crippen LogP contribution in [0.25, 0.3) is 11.4 Å². The molecule has 9 heteroatoms. The molecular formula is C23H25N5O4. The zero-order chi connectivity index (χ0) is 22.3. The summed E-state index contributed by atoms with van der Waals surface area (Å²) in [6, 6.07) is 12.4. The second kappa shape index (κ2) is 9.95. The van der Waals surface area contributed by atoms with Crippen molar-refractivity contribution in [2.24, 2.45) is 11.7 Å². The van der Waals surface area contributed by atoms with Crippen LogP contribution in [0.3, 0.4) is 0 Å². The van der Waals surface area contributed by atoms with Gasteiger partial charge in [0.2, 0.25) is 0 Å².